The minimum Gasteiger partial charge on any atom is -0.495 e. The van der Waals surface area contributed by atoms with Gasteiger partial charge in [0.15, 0.2) is 0 Å². The fourth-order valence-electron chi connectivity index (χ4n) is 2.02. The van der Waals surface area contributed by atoms with Gasteiger partial charge in [0.05, 0.1) is 19.4 Å². The smallest absolute Gasteiger partial charge is 0.330 e. The Morgan fingerprint density at radius 3 is 2.62 bits per heavy atom. The van der Waals surface area contributed by atoms with E-state index in [0.717, 1.165) is 31.4 Å². The molecule has 0 saturated heterocycles. The van der Waals surface area contributed by atoms with Crippen molar-refractivity contribution >= 4 is 29.2 Å². The van der Waals surface area contributed by atoms with Crippen LogP contribution in [0.15, 0.2) is 30.4 Å². The van der Waals surface area contributed by atoms with Gasteiger partial charge in [-0.1, -0.05) is 44.2 Å². The van der Waals surface area contributed by atoms with Crippen LogP contribution < -0.4 is 10.1 Å². The summed E-state index contributed by atoms with van der Waals surface area (Å²) >= 11 is 5.89. The zero-order chi connectivity index (χ0) is 17.8. The van der Waals surface area contributed by atoms with Crippen LogP contribution in [0, 0.1) is 0 Å². The number of carbonyl (C=O) groups excluding carboxylic acids is 2. The van der Waals surface area contributed by atoms with Crippen molar-refractivity contribution in [1.29, 1.82) is 0 Å². The summed E-state index contributed by atoms with van der Waals surface area (Å²) in [7, 11) is 1.49. The lowest BCUT2D eigenvalue weighted by Crippen LogP contribution is -2.10. The van der Waals surface area contributed by atoms with Crippen LogP contribution in [-0.2, 0) is 14.3 Å². The third-order valence-electron chi connectivity index (χ3n) is 3.28. The highest BCUT2D eigenvalue weighted by molar-refractivity contribution is 6.31. The number of carbonyl (C=O) groups is 2. The fraction of sp³-hybridized carbons (Fsp3) is 0.444. The van der Waals surface area contributed by atoms with Gasteiger partial charge in [0.1, 0.15) is 5.75 Å². The number of methoxy groups -OCH3 is 1. The molecule has 0 fully saturated rings. The van der Waals surface area contributed by atoms with E-state index in [1.165, 1.54) is 20.0 Å². The summed E-state index contributed by atoms with van der Waals surface area (Å²) in [5.74, 6) is -0.509. The number of unbranched alkanes of at least 4 members (excludes halogenated alkanes) is 4. The maximum atomic E-state index is 11.8. The van der Waals surface area contributed by atoms with Gasteiger partial charge in [-0.2, -0.15) is 0 Å². The number of ether oxygens (including phenoxy) is 2. The first-order chi connectivity index (χ1) is 11.6. The first-order valence-electron chi connectivity index (χ1n) is 8.06. The summed E-state index contributed by atoms with van der Waals surface area (Å²) in [5, 5.41) is 3.08. The molecule has 0 heterocycles. The van der Waals surface area contributed by atoms with Crippen molar-refractivity contribution in [2.24, 2.45) is 0 Å². The maximum absolute atomic E-state index is 11.8. The molecule has 0 unspecified atom stereocenters. The SMILES string of the molecule is CCCCCCCOC(=O)/C=C/C(=O)Nc1cc(Cl)ccc1OC. The van der Waals surface area contributed by atoms with E-state index in [1.54, 1.807) is 18.2 Å². The number of amides is 1. The Balaban J connectivity index is 2.37. The lowest BCUT2D eigenvalue weighted by Gasteiger charge is -2.08. The number of benzene rings is 1. The molecular formula is C18H24ClNO4. The molecule has 1 aromatic rings. The van der Waals surface area contributed by atoms with Crippen molar-refractivity contribution in [2.75, 3.05) is 19.0 Å². The first kappa shape index (κ1) is 20.0. The van der Waals surface area contributed by atoms with Gasteiger partial charge in [0.2, 0.25) is 5.91 Å². The maximum Gasteiger partial charge on any atom is 0.330 e. The van der Waals surface area contributed by atoms with E-state index >= 15 is 0 Å². The van der Waals surface area contributed by atoms with Gasteiger partial charge in [-0.3, -0.25) is 4.79 Å². The summed E-state index contributed by atoms with van der Waals surface area (Å²) < 4.78 is 10.2. The molecule has 0 atom stereocenters. The van der Waals surface area contributed by atoms with Crippen molar-refractivity contribution < 1.29 is 19.1 Å². The summed E-state index contributed by atoms with van der Waals surface area (Å²) in [5.41, 5.74) is 0.434. The number of hydrogen-bond acceptors (Lipinski definition) is 4. The Morgan fingerprint density at radius 2 is 1.92 bits per heavy atom. The molecule has 1 rings (SSSR count). The Morgan fingerprint density at radius 1 is 1.17 bits per heavy atom. The molecule has 24 heavy (non-hydrogen) atoms. The van der Waals surface area contributed by atoms with Crippen molar-refractivity contribution in [3.05, 3.63) is 35.4 Å². The zero-order valence-corrected chi connectivity index (χ0v) is 14.9. The Kier molecular flexibility index (Phi) is 9.61. The van der Waals surface area contributed by atoms with Crippen LogP contribution in [0.1, 0.15) is 39.0 Å². The number of nitrogens with one attached hydrogen (secondary N) is 1. The monoisotopic (exact) mass is 353 g/mol. The number of halogens is 1. The highest BCUT2D eigenvalue weighted by Gasteiger charge is 2.07. The van der Waals surface area contributed by atoms with Gasteiger partial charge in [-0.15, -0.1) is 0 Å². The molecule has 0 spiro atoms. The molecule has 5 nitrogen and oxygen atoms in total. The van der Waals surface area contributed by atoms with Crippen LogP contribution >= 0.6 is 11.6 Å². The molecule has 0 saturated carbocycles. The van der Waals surface area contributed by atoms with Crippen molar-refractivity contribution in [3.8, 4) is 5.75 Å². The number of esters is 1. The molecule has 0 aliphatic heterocycles. The molecule has 0 aliphatic rings. The van der Waals surface area contributed by atoms with Crippen molar-refractivity contribution in [3.63, 3.8) is 0 Å². The average molecular weight is 354 g/mol. The van der Waals surface area contributed by atoms with Crippen LogP contribution in [0.5, 0.6) is 5.75 Å². The summed E-state index contributed by atoms with van der Waals surface area (Å²) in [6.45, 7) is 2.52. The van der Waals surface area contributed by atoms with E-state index < -0.39 is 11.9 Å². The molecule has 0 aromatic heterocycles. The molecule has 1 amide bonds. The topological polar surface area (TPSA) is 64.6 Å². The third-order valence-corrected chi connectivity index (χ3v) is 3.52. The molecule has 0 aliphatic carbocycles. The highest BCUT2D eigenvalue weighted by atomic mass is 35.5. The molecule has 1 N–H and O–H groups in total. The van der Waals surface area contributed by atoms with E-state index in [1.807, 2.05) is 0 Å². The van der Waals surface area contributed by atoms with E-state index in [2.05, 4.69) is 12.2 Å². The first-order valence-corrected chi connectivity index (χ1v) is 8.44. The second-order valence-corrected chi connectivity index (χ2v) is 5.69. The fourth-order valence-corrected chi connectivity index (χ4v) is 2.19. The van der Waals surface area contributed by atoms with Gasteiger partial charge in [0.25, 0.3) is 0 Å². The van der Waals surface area contributed by atoms with E-state index in [0.29, 0.717) is 23.1 Å². The lowest BCUT2D eigenvalue weighted by molar-refractivity contribution is -0.138. The van der Waals surface area contributed by atoms with Crippen LogP contribution in [0.3, 0.4) is 0 Å². The second-order valence-electron chi connectivity index (χ2n) is 5.25. The van der Waals surface area contributed by atoms with E-state index in [-0.39, 0.29) is 0 Å². The van der Waals surface area contributed by atoms with Crippen LogP contribution in [-0.4, -0.2) is 25.6 Å². The molecular weight excluding hydrogens is 330 g/mol. The van der Waals surface area contributed by atoms with Gasteiger partial charge in [-0.05, 0) is 24.6 Å². The number of hydrogen-bond donors (Lipinski definition) is 1. The second kappa shape index (κ2) is 11.5. The van der Waals surface area contributed by atoms with Crippen molar-refractivity contribution in [2.45, 2.75) is 39.0 Å². The quantitative estimate of drug-likeness (QED) is 0.385. The standard InChI is InChI=1S/C18H24ClNO4/c1-3-4-5-6-7-12-24-18(22)11-10-17(21)20-15-13-14(19)8-9-16(15)23-2/h8-11,13H,3-7,12H2,1-2H3,(H,20,21)/b11-10+. The summed E-state index contributed by atoms with van der Waals surface area (Å²) in [6, 6.07) is 4.87. The third kappa shape index (κ3) is 8.02. The number of anilines is 1. The minimum absolute atomic E-state index is 0.372. The highest BCUT2D eigenvalue weighted by Crippen LogP contribution is 2.27. The normalized spacial score (nSPS) is 10.6. The van der Waals surface area contributed by atoms with Gasteiger partial charge < -0.3 is 14.8 Å². The minimum atomic E-state index is -0.529. The molecule has 0 radical (unpaired) electrons. The summed E-state index contributed by atoms with van der Waals surface area (Å²) in [4.78, 5) is 23.4. The van der Waals surface area contributed by atoms with Crippen LogP contribution in [0.4, 0.5) is 5.69 Å². The van der Waals surface area contributed by atoms with E-state index in [9.17, 15) is 9.59 Å². The predicted molar refractivity (Wildman–Crippen MR) is 95.5 cm³/mol. The molecule has 0 bridgehead atoms. The predicted octanol–water partition coefficient (Wildman–Crippen LogP) is 4.36. The Bertz CT molecular complexity index is 572. The largest absolute Gasteiger partial charge is 0.495 e. The van der Waals surface area contributed by atoms with E-state index in [4.69, 9.17) is 21.1 Å². The number of rotatable bonds is 10. The lowest BCUT2D eigenvalue weighted by atomic mass is 10.2. The Hall–Kier alpha value is -2.01. The van der Waals surface area contributed by atoms with Crippen LogP contribution in [0.25, 0.3) is 0 Å². The molecule has 6 heteroatoms. The Labute approximate surface area is 148 Å². The molecule has 1 aromatic carbocycles. The van der Waals surface area contributed by atoms with Crippen LogP contribution in [0.2, 0.25) is 5.02 Å². The summed E-state index contributed by atoms with van der Waals surface area (Å²) in [6.07, 6.45) is 7.63. The van der Waals surface area contributed by atoms with Crippen molar-refractivity contribution in [1.82, 2.24) is 0 Å². The van der Waals surface area contributed by atoms with Gasteiger partial charge in [-0.25, -0.2) is 4.79 Å². The van der Waals surface area contributed by atoms with Gasteiger partial charge >= 0.3 is 5.97 Å². The average Bonchev–Trinajstić information content (AvgIpc) is 2.56. The zero-order valence-electron chi connectivity index (χ0n) is 14.1. The van der Waals surface area contributed by atoms with Gasteiger partial charge in [0, 0.05) is 17.2 Å². The molecule has 132 valence electrons.